The third-order valence-electron chi connectivity index (χ3n) is 2.79. The van der Waals surface area contributed by atoms with Crippen LogP contribution < -0.4 is 0 Å². The number of nitrogens with zero attached hydrogens (tertiary/aromatic N) is 1. The summed E-state index contributed by atoms with van der Waals surface area (Å²) in [5.41, 5.74) is 1.24. The molecule has 1 nitrogen and oxygen atoms in total. The first kappa shape index (κ1) is 8.63. The topological polar surface area (TPSA) is 3.24 Å². The minimum atomic E-state index is 0.757. The van der Waals surface area contributed by atoms with Gasteiger partial charge in [-0.2, -0.15) is 0 Å². The second kappa shape index (κ2) is 3.29. The van der Waals surface area contributed by atoms with E-state index in [2.05, 4.69) is 32.3 Å². The molecule has 1 saturated heterocycles. The lowest BCUT2D eigenvalue weighted by Crippen LogP contribution is -2.29. The summed E-state index contributed by atoms with van der Waals surface area (Å²) in [5, 5.41) is 0. The summed E-state index contributed by atoms with van der Waals surface area (Å²) >= 11 is 0. The Balaban J connectivity index is 2.61. The molecule has 0 aromatic heterocycles. The second-order valence-electron chi connectivity index (χ2n) is 3.67. The van der Waals surface area contributed by atoms with Crippen molar-refractivity contribution >= 4 is 0 Å². The highest BCUT2D eigenvalue weighted by atomic mass is 15.2. The number of hydrogen-bond donors (Lipinski definition) is 0. The van der Waals surface area contributed by atoms with Crippen molar-refractivity contribution < 1.29 is 0 Å². The standard InChI is InChI=1S/C10H19N/c1-5-10-9(4)6-7-11(10)8(2)3/h9-10H,2,5-7H2,1,3-4H3. The lowest BCUT2D eigenvalue weighted by Gasteiger charge is -2.27. The van der Waals surface area contributed by atoms with Crippen LogP contribution in [0.3, 0.4) is 0 Å². The van der Waals surface area contributed by atoms with Gasteiger partial charge in [0.2, 0.25) is 0 Å². The van der Waals surface area contributed by atoms with Gasteiger partial charge in [0, 0.05) is 18.3 Å². The van der Waals surface area contributed by atoms with Gasteiger partial charge in [0.25, 0.3) is 0 Å². The molecule has 2 atom stereocenters. The Kier molecular flexibility index (Phi) is 2.58. The molecular weight excluding hydrogens is 134 g/mol. The zero-order valence-corrected chi connectivity index (χ0v) is 7.93. The maximum atomic E-state index is 4.00. The molecule has 1 fully saturated rings. The van der Waals surface area contributed by atoms with Crippen molar-refractivity contribution in [3.8, 4) is 0 Å². The molecule has 0 saturated carbocycles. The summed E-state index contributed by atoms with van der Waals surface area (Å²) in [6, 6.07) is 0.757. The molecule has 1 heterocycles. The van der Waals surface area contributed by atoms with Crippen molar-refractivity contribution in [1.29, 1.82) is 0 Å². The molecule has 0 radical (unpaired) electrons. The van der Waals surface area contributed by atoms with E-state index in [0.717, 1.165) is 12.0 Å². The van der Waals surface area contributed by atoms with E-state index >= 15 is 0 Å². The molecule has 1 rings (SSSR count). The largest absolute Gasteiger partial charge is 0.372 e. The van der Waals surface area contributed by atoms with Crippen LogP contribution in [-0.2, 0) is 0 Å². The monoisotopic (exact) mass is 153 g/mol. The molecule has 0 spiro atoms. The first-order valence-corrected chi connectivity index (χ1v) is 4.59. The molecule has 1 aliphatic heterocycles. The third-order valence-corrected chi connectivity index (χ3v) is 2.79. The molecule has 0 amide bonds. The minimum Gasteiger partial charge on any atom is -0.372 e. The lowest BCUT2D eigenvalue weighted by molar-refractivity contribution is 0.282. The highest BCUT2D eigenvalue weighted by Crippen LogP contribution is 2.28. The number of rotatable bonds is 2. The van der Waals surface area contributed by atoms with Crippen LogP contribution in [0.4, 0.5) is 0 Å². The van der Waals surface area contributed by atoms with E-state index in [-0.39, 0.29) is 0 Å². The summed E-state index contributed by atoms with van der Waals surface area (Å²) < 4.78 is 0. The van der Waals surface area contributed by atoms with E-state index in [4.69, 9.17) is 0 Å². The maximum Gasteiger partial charge on any atom is 0.0310 e. The van der Waals surface area contributed by atoms with Crippen molar-refractivity contribution in [2.24, 2.45) is 5.92 Å². The Morgan fingerprint density at radius 2 is 2.27 bits per heavy atom. The van der Waals surface area contributed by atoms with Crippen LogP contribution in [0.25, 0.3) is 0 Å². The molecule has 1 heteroatoms. The van der Waals surface area contributed by atoms with Crippen LogP contribution in [0, 0.1) is 5.92 Å². The van der Waals surface area contributed by atoms with Gasteiger partial charge in [-0.1, -0.05) is 20.4 Å². The van der Waals surface area contributed by atoms with Gasteiger partial charge in [-0.15, -0.1) is 0 Å². The van der Waals surface area contributed by atoms with Gasteiger partial charge in [0.15, 0.2) is 0 Å². The molecule has 0 aliphatic carbocycles. The van der Waals surface area contributed by atoms with Gasteiger partial charge in [-0.3, -0.25) is 0 Å². The van der Waals surface area contributed by atoms with Crippen LogP contribution in [0.1, 0.15) is 33.6 Å². The molecule has 1 aliphatic rings. The molecule has 64 valence electrons. The summed E-state index contributed by atoms with van der Waals surface area (Å²) in [6.07, 6.45) is 2.60. The predicted molar refractivity (Wildman–Crippen MR) is 49.4 cm³/mol. The van der Waals surface area contributed by atoms with E-state index in [1.54, 1.807) is 0 Å². The van der Waals surface area contributed by atoms with Crippen molar-refractivity contribution in [3.63, 3.8) is 0 Å². The van der Waals surface area contributed by atoms with Crippen molar-refractivity contribution in [1.82, 2.24) is 4.90 Å². The Labute approximate surface area is 70.1 Å². The van der Waals surface area contributed by atoms with E-state index < -0.39 is 0 Å². The third kappa shape index (κ3) is 1.58. The quantitative estimate of drug-likeness (QED) is 0.589. The normalized spacial score (nSPS) is 31.0. The highest BCUT2D eigenvalue weighted by Gasteiger charge is 2.28. The molecule has 0 N–H and O–H groups in total. The summed E-state index contributed by atoms with van der Waals surface area (Å²) in [7, 11) is 0. The highest BCUT2D eigenvalue weighted by molar-refractivity contribution is 4.97. The smallest absolute Gasteiger partial charge is 0.0310 e. The molecule has 0 aromatic carbocycles. The van der Waals surface area contributed by atoms with E-state index in [1.165, 1.54) is 25.1 Å². The van der Waals surface area contributed by atoms with Crippen LogP contribution in [0.15, 0.2) is 12.3 Å². The van der Waals surface area contributed by atoms with Crippen LogP contribution in [-0.4, -0.2) is 17.5 Å². The Morgan fingerprint density at radius 1 is 1.64 bits per heavy atom. The zero-order chi connectivity index (χ0) is 8.43. The first-order chi connectivity index (χ1) is 5.16. The van der Waals surface area contributed by atoms with Gasteiger partial charge in [0.1, 0.15) is 0 Å². The fourth-order valence-electron chi connectivity index (χ4n) is 2.10. The average molecular weight is 153 g/mol. The Hall–Kier alpha value is -0.460. The van der Waals surface area contributed by atoms with E-state index in [9.17, 15) is 0 Å². The van der Waals surface area contributed by atoms with Gasteiger partial charge in [-0.05, 0) is 25.7 Å². The number of allylic oxidation sites excluding steroid dienone is 1. The van der Waals surface area contributed by atoms with Crippen molar-refractivity contribution in [2.75, 3.05) is 6.54 Å². The fourth-order valence-corrected chi connectivity index (χ4v) is 2.10. The van der Waals surface area contributed by atoms with Crippen molar-refractivity contribution in [3.05, 3.63) is 12.3 Å². The summed E-state index contributed by atoms with van der Waals surface area (Å²) in [5.74, 6) is 0.858. The lowest BCUT2D eigenvalue weighted by atomic mass is 10.0. The summed E-state index contributed by atoms with van der Waals surface area (Å²) in [6.45, 7) is 11.9. The Bertz CT molecular complexity index is 151. The van der Waals surface area contributed by atoms with Crippen LogP contribution in [0.5, 0.6) is 0 Å². The zero-order valence-electron chi connectivity index (χ0n) is 7.93. The second-order valence-corrected chi connectivity index (χ2v) is 3.67. The fraction of sp³-hybridized carbons (Fsp3) is 0.800. The molecule has 2 unspecified atom stereocenters. The van der Waals surface area contributed by atoms with Gasteiger partial charge in [-0.25, -0.2) is 0 Å². The molecule has 0 aromatic rings. The van der Waals surface area contributed by atoms with Crippen LogP contribution >= 0.6 is 0 Å². The summed E-state index contributed by atoms with van der Waals surface area (Å²) in [4.78, 5) is 2.45. The molecule has 0 bridgehead atoms. The van der Waals surface area contributed by atoms with Crippen LogP contribution in [0.2, 0.25) is 0 Å². The van der Waals surface area contributed by atoms with Gasteiger partial charge < -0.3 is 4.90 Å². The number of likely N-dealkylation sites (tertiary alicyclic amines) is 1. The van der Waals surface area contributed by atoms with Crippen molar-refractivity contribution in [2.45, 2.75) is 39.7 Å². The van der Waals surface area contributed by atoms with E-state index in [0.29, 0.717) is 0 Å². The van der Waals surface area contributed by atoms with Gasteiger partial charge >= 0.3 is 0 Å². The molecular formula is C10H19N. The first-order valence-electron chi connectivity index (χ1n) is 4.59. The molecule has 11 heavy (non-hydrogen) atoms. The van der Waals surface area contributed by atoms with Gasteiger partial charge in [0.05, 0.1) is 0 Å². The minimum absolute atomic E-state index is 0.757. The number of hydrogen-bond acceptors (Lipinski definition) is 1. The predicted octanol–water partition coefficient (Wildman–Crippen LogP) is 2.64. The SMILES string of the molecule is C=C(C)N1CCC(C)C1CC. The Morgan fingerprint density at radius 3 is 2.64 bits per heavy atom. The maximum absolute atomic E-state index is 4.00. The van der Waals surface area contributed by atoms with E-state index in [1.807, 2.05) is 0 Å². The average Bonchev–Trinajstić information content (AvgIpc) is 2.30.